The fourth-order valence-corrected chi connectivity index (χ4v) is 2.44. The van der Waals surface area contributed by atoms with E-state index in [0.717, 1.165) is 5.69 Å². The highest BCUT2D eigenvalue weighted by molar-refractivity contribution is 7.13. The number of carbonyl (C=O) groups is 2. The molecule has 0 bridgehead atoms. The predicted molar refractivity (Wildman–Crippen MR) is 64.1 cm³/mol. The number of amides is 1. The summed E-state index contributed by atoms with van der Waals surface area (Å²) in [7, 11) is 0. The number of nitrogens with one attached hydrogen (secondary N) is 1. The number of hydrogen-bond donors (Lipinski definition) is 2. The number of thiazole rings is 1. The van der Waals surface area contributed by atoms with Gasteiger partial charge in [0, 0.05) is 5.38 Å². The highest BCUT2D eigenvalue weighted by Gasteiger charge is 2.48. The molecule has 1 aliphatic rings. The topological polar surface area (TPSA) is 79.3 Å². The molecular formula is C11H14N2O3S. The minimum atomic E-state index is -0.896. The SMILES string of the molecule is CC(C)c1csc(NC(=O)[C@@H]2C[C@@H]2C(=O)O)n1. The summed E-state index contributed by atoms with van der Waals surface area (Å²) in [5.74, 6) is -1.71. The van der Waals surface area contributed by atoms with Crippen LogP contribution >= 0.6 is 11.3 Å². The first-order chi connectivity index (χ1) is 7.99. The molecule has 0 saturated heterocycles. The molecule has 1 heterocycles. The molecule has 0 aromatic carbocycles. The van der Waals surface area contributed by atoms with Crippen LogP contribution in [-0.4, -0.2) is 22.0 Å². The van der Waals surface area contributed by atoms with Gasteiger partial charge in [-0.25, -0.2) is 4.98 Å². The molecule has 0 aliphatic heterocycles. The van der Waals surface area contributed by atoms with Crippen LogP contribution in [0, 0.1) is 11.8 Å². The molecule has 5 nitrogen and oxygen atoms in total. The Morgan fingerprint density at radius 3 is 2.71 bits per heavy atom. The van der Waals surface area contributed by atoms with Crippen molar-refractivity contribution in [1.82, 2.24) is 4.98 Å². The lowest BCUT2D eigenvalue weighted by atomic mass is 10.2. The smallest absolute Gasteiger partial charge is 0.307 e. The average Bonchev–Trinajstić information content (AvgIpc) is 2.93. The minimum absolute atomic E-state index is 0.234. The van der Waals surface area contributed by atoms with Crippen LogP contribution in [0.25, 0.3) is 0 Å². The Bertz CT molecular complexity index is 455. The summed E-state index contributed by atoms with van der Waals surface area (Å²) < 4.78 is 0. The standard InChI is InChI=1S/C11H14N2O3S/c1-5(2)8-4-17-11(12-8)13-9(14)6-3-7(6)10(15)16/h4-7H,3H2,1-2H3,(H,15,16)(H,12,13,14)/t6-,7+/m1/s1. The number of carboxylic acids is 1. The molecule has 1 aromatic heterocycles. The molecule has 0 spiro atoms. The molecule has 2 atom stereocenters. The molecule has 1 saturated carbocycles. The minimum Gasteiger partial charge on any atom is -0.481 e. The lowest BCUT2D eigenvalue weighted by molar-refractivity contribution is -0.139. The molecule has 2 N–H and O–H groups in total. The van der Waals surface area contributed by atoms with Crippen molar-refractivity contribution in [3.63, 3.8) is 0 Å². The highest BCUT2D eigenvalue weighted by Crippen LogP contribution is 2.39. The summed E-state index contributed by atoms with van der Waals surface area (Å²) in [6.45, 7) is 4.06. The predicted octanol–water partition coefficient (Wildman–Crippen LogP) is 1.93. The molecule has 1 aliphatic carbocycles. The molecule has 1 fully saturated rings. The molecular weight excluding hydrogens is 240 g/mol. The van der Waals surface area contributed by atoms with Crippen molar-refractivity contribution < 1.29 is 14.7 Å². The normalized spacial score (nSPS) is 22.5. The maximum absolute atomic E-state index is 11.7. The van der Waals surface area contributed by atoms with E-state index >= 15 is 0 Å². The van der Waals surface area contributed by atoms with Gasteiger partial charge in [-0.2, -0.15) is 0 Å². The zero-order chi connectivity index (χ0) is 12.6. The maximum Gasteiger partial charge on any atom is 0.307 e. The average molecular weight is 254 g/mol. The third kappa shape index (κ3) is 2.63. The van der Waals surface area contributed by atoms with Crippen LogP contribution in [0.15, 0.2) is 5.38 Å². The zero-order valence-corrected chi connectivity index (χ0v) is 10.5. The number of anilines is 1. The van der Waals surface area contributed by atoms with E-state index in [-0.39, 0.29) is 11.8 Å². The summed E-state index contributed by atoms with van der Waals surface area (Å²) in [5, 5.41) is 13.8. The highest BCUT2D eigenvalue weighted by atomic mass is 32.1. The first-order valence-electron chi connectivity index (χ1n) is 5.48. The van der Waals surface area contributed by atoms with Gasteiger partial charge >= 0.3 is 5.97 Å². The molecule has 0 unspecified atom stereocenters. The van der Waals surface area contributed by atoms with E-state index in [2.05, 4.69) is 10.3 Å². The number of hydrogen-bond acceptors (Lipinski definition) is 4. The maximum atomic E-state index is 11.7. The van der Waals surface area contributed by atoms with Crippen molar-refractivity contribution in [3.05, 3.63) is 11.1 Å². The Balaban J connectivity index is 1.93. The van der Waals surface area contributed by atoms with Gasteiger partial charge in [0.15, 0.2) is 5.13 Å². The molecule has 92 valence electrons. The fraction of sp³-hybridized carbons (Fsp3) is 0.545. The quantitative estimate of drug-likeness (QED) is 0.860. The third-order valence-electron chi connectivity index (χ3n) is 2.79. The summed E-state index contributed by atoms with van der Waals surface area (Å²) in [6, 6.07) is 0. The third-order valence-corrected chi connectivity index (χ3v) is 3.56. The van der Waals surface area contributed by atoms with Gasteiger partial charge in [0.1, 0.15) is 0 Å². The van der Waals surface area contributed by atoms with E-state index in [1.54, 1.807) is 0 Å². The second kappa shape index (κ2) is 4.44. The molecule has 17 heavy (non-hydrogen) atoms. The van der Waals surface area contributed by atoms with Gasteiger partial charge in [0.2, 0.25) is 5.91 Å². The first-order valence-corrected chi connectivity index (χ1v) is 6.36. The molecule has 1 amide bonds. The van der Waals surface area contributed by atoms with E-state index in [0.29, 0.717) is 17.5 Å². The Labute approximate surface area is 103 Å². The van der Waals surface area contributed by atoms with Gasteiger partial charge in [-0.05, 0) is 12.3 Å². The van der Waals surface area contributed by atoms with Crippen LogP contribution in [0.1, 0.15) is 31.9 Å². The van der Waals surface area contributed by atoms with E-state index < -0.39 is 11.9 Å². The second-order valence-corrected chi connectivity index (χ2v) is 5.37. The van der Waals surface area contributed by atoms with E-state index in [1.807, 2.05) is 19.2 Å². The monoisotopic (exact) mass is 254 g/mol. The number of aromatic nitrogens is 1. The molecule has 6 heteroatoms. The lowest BCUT2D eigenvalue weighted by Crippen LogP contribution is -2.16. The van der Waals surface area contributed by atoms with Crippen LogP contribution in [-0.2, 0) is 9.59 Å². The van der Waals surface area contributed by atoms with Crippen molar-refractivity contribution in [1.29, 1.82) is 0 Å². The number of carbonyl (C=O) groups excluding carboxylic acids is 1. The van der Waals surface area contributed by atoms with Crippen LogP contribution in [0.5, 0.6) is 0 Å². The Kier molecular flexibility index (Phi) is 3.15. The summed E-state index contributed by atoms with van der Waals surface area (Å²) in [5.41, 5.74) is 0.941. The zero-order valence-electron chi connectivity index (χ0n) is 9.64. The molecule has 1 aromatic rings. The van der Waals surface area contributed by atoms with Crippen molar-refractivity contribution in [2.45, 2.75) is 26.2 Å². The number of carboxylic acid groups (broad SMARTS) is 1. The van der Waals surface area contributed by atoms with Crippen molar-refractivity contribution >= 4 is 28.3 Å². The van der Waals surface area contributed by atoms with E-state index in [9.17, 15) is 9.59 Å². The summed E-state index contributed by atoms with van der Waals surface area (Å²) >= 11 is 1.37. The number of nitrogens with zero attached hydrogens (tertiary/aromatic N) is 1. The fourth-order valence-electron chi connectivity index (χ4n) is 1.56. The van der Waals surface area contributed by atoms with Gasteiger partial charge in [-0.3, -0.25) is 9.59 Å². The number of aliphatic carboxylic acids is 1. The van der Waals surface area contributed by atoms with Gasteiger partial charge in [0.25, 0.3) is 0 Å². The Morgan fingerprint density at radius 2 is 2.24 bits per heavy atom. The van der Waals surface area contributed by atoms with Gasteiger partial charge < -0.3 is 10.4 Å². The van der Waals surface area contributed by atoms with E-state index in [4.69, 9.17) is 5.11 Å². The Morgan fingerprint density at radius 1 is 1.53 bits per heavy atom. The van der Waals surface area contributed by atoms with E-state index in [1.165, 1.54) is 11.3 Å². The van der Waals surface area contributed by atoms with Gasteiger partial charge in [-0.15, -0.1) is 11.3 Å². The van der Waals surface area contributed by atoms with Crippen LogP contribution in [0.3, 0.4) is 0 Å². The van der Waals surface area contributed by atoms with Crippen LogP contribution in [0.2, 0.25) is 0 Å². The summed E-state index contributed by atoms with van der Waals surface area (Å²) in [6.07, 6.45) is 0.434. The van der Waals surface area contributed by atoms with Crippen LogP contribution in [0.4, 0.5) is 5.13 Å². The second-order valence-electron chi connectivity index (χ2n) is 4.51. The molecule has 0 radical (unpaired) electrons. The van der Waals surface area contributed by atoms with Crippen LogP contribution < -0.4 is 5.32 Å². The Hall–Kier alpha value is -1.43. The first kappa shape index (κ1) is 12.0. The van der Waals surface area contributed by atoms with Gasteiger partial charge in [0.05, 0.1) is 17.5 Å². The van der Waals surface area contributed by atoms with Crippen molar-refractivity contribution in [2.75, 3.05) is 5.32 Å². The van der Waals surface area contributed by atoms with Gasteiger partial charge in [-0.1, -0.05) is 13.8 Å². The van der Waals surface area contributed by atoms with Crippen molar-refractivity contribution in [2.24, 2.45) is 11.8 Å². The summed E-state index contributed by atoms with van der Waals surface area (Å²) in [4.78, 5) is 26.6. The molecule has 2 rings (SSSR count). The lowest BCUT2D eigenvalue weighted by Gasteiger charge is -2.00. The largest absolute Gasteiger partial charge is 0.481 e. The number of rotatable bonds is 4. The van der Waals surface area contributed by atoms with Crippen molar-refractivity contribution in [3.8, 4) is 0 Å².